The fourth-order valence-electron chi connectivity index (χ4n) is 0.768. The molecule has 13 heavy (non-hydrogen) atoms. The van der Waals surface area contributed by atoms with E-state index < -0.39 is 12.1 Å². The van der Waals surface area contributed by atoms with E-state index in [9.17, 15) is 9.59 Å². The minimum Gasteiger partial charge on any atom is -0.463 e. The van der Waals surface area contributed by atoms with Crippen LogP contribution >= 0.6 is 0 Å². The molecule has 0 aliphatic carbocycles. The lowest BCUT2D eigenvalue weighted by Gasteiger charge is -2.11. The van der Waals surface area contributed by atoms with Crippen LogP contribution in [-0.4, -0.2) is 24.6 Å². The van der Waals surface area contributed by atoms with Gasteiger partial charge in [0, 0.05) is 6.42 Å². The van der Waals surface area contributed by atoms with Crippen LogP contribution in [0.3, 0.4) is 0 Å². The second-order valence-electron chi connectivity index (χ2n) is 2.63. The first-order valence-corrected chi connectivity index (χ1v) is 4.47. The zero-order valence-electron chi connectivity index (χ0n) is 8.33. The Morgan fingerprint density at radius 1 is 1.31 bits per heavy atom. The molecule has 0 unspecified atom stereocenters. The minimum absolute atomic E-state index is 0.300. The maximum Gasteiger partial charge on any atom is 0.347 e. The Balaban J connectivity index is 3.78. The number of carbonyl (C=O) groups excluding carboxylic acids is 2. The summed E-state index contributed by atoms with van der Waals surface area (Å²) in [6.45, 7) is 5.38. The molecule has 0 radical (unpaired) electrons. The molecule has 0 heterocycles. The summed E-state index contributed by atoms with van der Waals surface area (Å²) in [5.41, 5.74) is 0. The van der Waals surface area contributed by atoms with Crippen molar-refractivity contribution in [1.82, 2.24) is 0 Å². The van der Waals surface area contributed by atoms with Crippen molar-refractivity contribution >= 4 is 11.9 Å². The SMILES string of the molecule is CCCC(=O)O[C@H](C)C(=O)OCC. The van der Waals surface area contributed by atoms with Crippen LogP contribution in [0.25, 0.3) is 0 Å². The molecule has 0 saturated carbocycles. The summed E-state index contributed by atoms with van der Waals surface area (Å²) >= 11 is 0. The topological polar surface area (TPSA) is 52.6 Å². The largest absolute Gasteiger partial charge is 0.463 e. The Morgan fingerprint density at radius 3 is 2.38 bits per heavy atom. The van der Waals surface area contributed by atoms with E-state index in [4.69, 9.17) is 4.74 Å². The lowest BCUT2D eigenvalue weighted by Crippen LogP contribution is -2.26. The third-order valence-corrected chi connectivity index (χ3v) is 1.38. The molecule has 0 bridgehead atoms. The zero-order valence-corrected chi connectivity index (χ0v) is 8.33. The van der Waals surface area contributed by atoms with Crippen molar-refractivity contribution in [3.8, 4) is 0 Å². The molecule has 0 spiro atoms. The van der Waals surface area contributed by atoms with Gasteiger partial charge in [-0.1, -0.05) is 6.92 Å². The highest BCUT2D eigenvalue weighted by atomic mass is 16.6. The van der Waals surface area contributed by atoms with Gasteiger partial charge in [-0.15, -0.1) is 0 Å². The smallest absolute Gasteiger partial charge is 0.347 e. The summed E-state index contributed by atoms with van der Waals surface area (Å²) in [6, 6.07) is 0. The average Bonchev–Trinajstić information content (AvgIpc) is 2.05. The van der Waals surface area contributed by atoms with E-state index in [2.05, 4.69) is 4.74 Å². The van der Waals surface area contributed by atoms with Crippen LogP contribution in [0.2, 0.25) is 0 Å². The molecule has 0 aliphatic rings. The number of carbonyl (C=O) groups is 2. The summed E-state index contributed by atoms with van der Waals surface area (Å²) in [5, 5.41) is 0. The summed E-state index contributed by atoms with van der Waals surface area (Å²) in [4.78, 5) is 21.9. The molecule has 0 aromatic heterocycles. The second kappa shape index (κ2) is 6.46. The first-order valence-electron chi connectivity index (χ1n) is 4.47. The maximum atomic E-state index is 11.0. The van der Waals surface area contributed by atoms with E-state index in [1.54, 1.807) is 6.92 Å². The Kier molecular flexibility index (Phi) is 5.93. The predicted octanol–water partition coefficient (Wildman–Crippen LogP) is 1.28. The van der Waals surface area contributed by atoms with Crippen LogP contribution < -0.4 is 0 Å². The summed E-state index contributed by atoms with van der Waals surface area (Å²) < 4.78 is 9.46. The van der Waals surface area contributed by atoms with Crippen LogP contribution in [-0.2, 0) is 19.1 Å². The van der Waals surface area contributed by atoms with Crippen molar-refractivity contribution in [1.29, 1.82) is 0 Å². The van der Waals surface area contributed by atoms with Gasteiger partial charge in [0.2, 0.25) is 0 Å². The van der Waals surface area contributed by atoms with E-state index >= 15 is 0 Å². The number of hydrogen-bond donors (Lipinski definition) is 0. The first-order chi connectivity index (χ1) is 6.11. The van der Waals surface area contributed by atoms with Crippen LogP contribution in [0.5, 0.6) is 0 Å². The van der Waals surface area contributed by atoms with Crippen LogP contribution in [0, 0.1) is 0 Å². The molecule has 0 aliphatic heterocycles. The molecule has 0 rings (SSSR count). The predicted molar refractivity (Wildman–Crippen MR) is 47.1 cm³/mol. The zero-order chi connectivity index (χ0) is 10.3. The third-order valence-electron chi connectivity index (χ3n) is 1.38. The Morgan fingerprint density at radius 2 is 1.92 bits per heavy atom. The van der Waals surface area contributed by atoms with E-state index in [-0.39, 0.29) is 5.97 Å². The summed E-state index contributed by atoms with van der Waals surface area (Å²) in [5.74, 6) is -0.852. The van der Waals surface area contributed by atoms with E-state index in [1.165, 1.54) is 6.92 Å². The lowest BCUT2D eigenvalue weighted by molar-refractivity contribution is -0.166. The summed E-state index contributed by atoms with van der Waals surface area (Å²) in [6.07, 6.45) is 0.261. The Bertz CT molecular complexity index is 176. The monoisotopic (exact) mass is 188 g/mol. The molecule has 0 saturated heterocycles. The number of ether oxygens (including phenoxy) is 2. The maximum absolute atomic E-state index is 11.0. The molecule has 4 nitrogen and oxygen atoms in total. The molecular formula is C9H16O4. The number of hydrogen-bond acceptors (Lipinski definition) is 4. The van der Waals surface area contributed by atoms with E-state index in [0.29, 0.717) is 19.4 Å². The minimum atomic E-state index is -0.793. The highest BCUT2D eigenvalue weighted by Gasteiger charge is 2.17. The van der Waals surface area contributed by atoms with Crippen LogP contribution in [0.4, 0.5) is 0 Å². The van der Waals surface area contributed by atoms with Crippen LogP contribution in [0.15, 0.2) is 0 Å². The standard InChI is InChI=1S/C9H16O4/c1-4-6-8(10)13-7(3)9(11)12-5-2/h7H,4-6H2,1-3H3/t7-/m1/s1. The molecule has 4 heteroatoms. The third kappa shape index (κ3) is 5.22. The molecule has 0 aromatic rings. The normalized spacial score (nSPS) is 11.9. The van der Waals surface area contributed by atoms with Crippen molar-refractivity contribution in [2.75, 3.05) is 6.61 Å². The van der Waals surface area contributed by atoms with Gasteiger partial charge in [-0.2, -0.15) is 0 Å². The van der Waals surface area contributed by atoms with Gasteiger partial charge in [-0.25, -0.2) is 4.79 Å². The van der Waals surface area contributed by atoms with Gasteiger partial charge in [0.15, 0.2) is 6.10 Å². The van der Waals surface area contributed by atoms with E-state index in [1.807, 2.05) is 6.92 Å². The van der Waals surface area contributed by atoms with Gasteiger partial charge >= 0.3 is 11.9 Å². The number of rotatable bonds is 5. The fourth-order valence-corrected chi connectivity index (χ4v) is 0.768. The van der Waals surface area contributed by atoms with Crippen molar-refractivity contribution in [2.45, 2.75) is 39.7 Å². The van der Waals surface area contributed by atoms with E-state index in [0.717, 1.165) is 0 Å². The van der Waals surface area contributed by atoms with Gasteiger partial charge in [0.05, 0.1) is 6.61 Å². The summed E-state index contributed by atoms with van der Waals surface area (Å²) in [7, 11) is 0. The van der Waals surface area contributed by atoms with Gasteiger partial charge in [-0.05, 0) is 20.3 Å². The Labute approximate surface area is 78.2 Å². The molecule has 0 N–H and O–H groups in total. The molecule has 76 valence electrons. The molecule has 0 aromatic carbocycles. The molecule has 1 atom stereocenters. The van der Waals surface area contributed by atoms with Crippen molar-refractivity contribution in [3.63, 3.8) is 0 Å². The van der Waals surface area contributed by atoms with Crippen molar-refractivity contribution in [3.05, 3.63) is 0 Å². The van der Waals surface area contributed by atoms with Gasteiger partial charge in [0.1, 0.15) is 0 Å². The average molecular weight is 188 g/mol. The van der Waals surface area contributed by atoms with Gasteiger partial charge in [0.25, 0.3) is 0 Å². The quantitative estimate of drug-likeness (QED) is 0.610. The molecule has 0 fully saturated rings. The second-order valence-corrected chi connectivity index (χ2v) is 2.63. The lowest BCUT2D eigenvalue weighted by atomic mass is 10.3. The number of esters is 2. The van der Waals surface area contributed by atoms with Crippen LogP contribution in [0.1, 0.15) is 33.6 Å². The first kappa shape index (κ1) is 11.9. The molecule has 0 amide bonds. The molecular weight excluding hydrogens is 172 g/mol. The fraction of sp³-hybridized carbons (Fsp3) is 0.778. The highest BCUT2D eigenvalue weighted by Crippen LogP contribution is 1.99. The van der Waals surface area contributed by atoms with Gasteiger partial charge in [-0.3, -0.25) is 4.79 Å². The highest BCUT2D eigenvalue weighted by molar-refractivity contribution is 5.78. The Hall–Kier alpha value is -1.06. The van der Waals surface area contributed by atoms with Crippen molar-refractivity contribution < 1.29 is 19.1 Å². The van der Waals surface area contributed by atoms with Crippen molar-refractivity contribution in [2.24, 2.45) is 0 Å². The van der Waals surface area contributed by atoms with Gasteiger partial charge < -0.3 is 9.47 Å².